The van der Waals surface area contributed by atoms with Crippen LogP contribution < -0.4 is 9.64 Å². The number of rotatable bonds is 8. The van der Waals surface area contributed by atoms with Crippen molar-refractivity contribution in [3.63, 3.8) is 0 Å². The molecule has 3 rings (SSSR count). The summed E-state index contributed by atoms with van der Waals surface area (Å²) in [5.41, 5.74) is 1.10. The standard InChI is InChI=1S/C24H31F3N2O2/c1-3-18(2)22-9-4-5-10-23(22)31-17-21(30)16-28-11-13-29(14-12-28)20-8-6-7-19(15-20)24(25,26)27/h4-10,15,18,21,30H,3,11-14,16-17H2,1-2H3/t18-,21-/m1/s1. The number of aliphatic hydroxyl groups is 1. The minimum Gasteiger partial charge on any atom is -0.491 e. The molecule has 0 aliphatic carbocycles. The van der Waals surface area contributed by atoms with E-state index >= 15 is 0 Å². The lowest BCUT2D eigenvalue weighted by Crippen LogP contribution is -2.49. The van der Waals surface area contributed by atoms with E-state index in [-0.39, 0.29) is 6.61 Å². The number of benzene rings is 2. The van der Waals surface area contributed by atoms with Gasteiger partial charge in [0, 0.05) is 38.4 Å². The normalized spacial score (nSPS) is 17.4. The number of hydrogen-bond donors (Lipinski definition) is 1. The number of para-hydroxylation sites is 1. The molecule has 1 saturated heterocycles. The second kappa shape index (κ2) is 10.4. The summed E-state index contributed by atoms with van der Waals surface area (Å²) in [5, 5.41) is 10.5. The summed E-state index contributed by atoms with van der Waals surface area (Å²) in [7, 11) is 0. The summed E-state index contributed by atoms with van der Waals surface area (Å²) < 4.78 is 44.8. The van der Waals surface area contributed by atoms with E-state index in [1.165, 1.54) is 12.1 Å². The molecule has 4 nitrogen and oxygen atoms in total. The number of halogens is 3. The smallest absolute Gasteiger partial charge is 0.416 e. The molecule has 2 aromatic carbocycles. The summed E-state index contributed by atoms with van der Waals surface area (Å²) in [6, 6.07) is 13.4. The Hall–Kier alpha value is -2.25. The molecule has 1 aliphatic heterocycles. The first-order valence-electron chi connectivity index (χ1n) is 10.8. The van der Waals surface area contributed by atoms with Crippen LogP contribution in [0.5, 0.6) is 5.75 Å². The molecule has 1 aliphatic rings. The third kappa shape index (κ3) is 6.37. The number of hydrogen-bond acceptors (Lipinski definition) is 4. The maximum absolute atomic E-state index is 13.0. The first-order chi connectivity index (χ1) is 14.8. The first-order valence-corrected chi connectivity index (χ1v) is 10.8. The summed E-state index contributed by atoms with van der Waals surface area (Å²) >= 11 is 0. The molecule has 0 aromatic heterocycles. The van der Waals surface area contributed by atoms with E-state index in [1.54, 1.807) is 6.07 Å². The van der Waals surface area contributed by atoms with E-state index < -0.39 is 17.8 Å². The van der Waals surface area contributed by atoms with Crippen LogP contribution in [0.2, 0.25) is 0 Å². The maximum Gasteiger partial charge on any atom is 0.416 e. The van der Waals surface area contributed by atoms with Gasteiger partial charge < -0.3 is 14.7 Å². The van der Waals surface area contributed by atoms with Crippen LogP contribution in [0.3, 0.4) is 0 Å². The van der Waals surface area contributed by atoms with Gasteiger partial charge in [-0.25, -0.2) is 0 Å². The van der Waals surface area contributed by atoms with Crippen LogP contribution in [0.1, 0.15) is 37.3 Å². The Morgan fingerprint density at radius 2 is 1.74 bits per heavy atom. The molecule has 0 amide bonds. The van der Waals surface area contributed by atoms with Crippen LogP contribution in [0, 0.1) is 0 Å². The molecule has 0 bridgehead atoms. The number of ether oxygens (including phenoxy) is 1. The fraction of sp³-hybridized carbons (Fsp3) is 0.500. The van der Waals surface area contributed by atoms with Crippen LogP contribution in [-0.2, 0) is 6.18 Å². The number of β-amino-alcohol motifs (C(OH)–C–C–N with tert-alkyl or cyclic N) is 1. The van der Waals surface area contributed by atoms with Crippen molar-refractivity contribution < 1.29 is 23.0 Å². The third-order valence-corrected chi connectivity index (χ3v) is 5.87. The fourth-order valence-electron chi connectivity index (χ4n) is 3.84. The van der Waals surface area contributed by atoms with Crippen molar-refractivity contribution in [1.29, 1.82) is 0 Å². The van der Waals surface area contributed by atoms with Crippen molar-refractivity contribution in [3.8, 4) is 5.75 Å². The molecule has 0 unspecified atom stereocenters. The molecule has 1 N–H and O–H groups in total. The van der Waals surface area contributed by atoms with Gasteiger partial charge in [0.2, 0.25) is 0 Å². The lowest BCUT2D eigenvalue weighted by Gasteiger charge is -2.37. The van der Waals surface area contributed by atoms with Crippen LogP contribution in [0.15, 0.2) is 48.5 Å². The average molecular weight is 437 g/mol. The van der Waals surface area contributed by atoms with Gasteiger partial charge in [0.1, 0.15) is 18.5 Å². The van der Waals surface area contributed by atoms with Gasteiger partial charge in [-0.3, -0.25) is 4.90 Å². The number of nitrogens with zero attached hydrogens (tertiary/aromatic N) is 2. The van der Waals surface area contributed by atoms with Gasteiger partial charge in [-0.05, 0) is 42.2 Å². The quantitative estimate of drug-likeness (QED) is 0.646. The molecule has 0 saturated carbocycles. The van der Waals surface area contributed by atoms with Gasteiger partial charge in [0.25, 0.3) is 0 Å². The number of alkyl halides is 3. The second-order valence-corrected chi connectivity index (χ2v) is 8.15. The molecular formula is C24H31F3N2O2. The second-order valence-electron chi connectivity index (χ2n) is 8.15. The average Bonchev–Trinajstić information content (AvgIpc) is 2.77. The summed E-state index contributed by atoms with van der Waals surface area (Å²) in [6.45, 7) is 7.56. The van der Waals surface area contributed by atoms with Gasteiger partial charge in [-0.1, -0.05) is 38.1 Å². The molecule has 2 aromatic rings. The zero-order chi connectivity index (χ0) is 22.4. The molecule has 1 heterocycles. The number of piperazine rings is 1. The highest BCUT2D eigenvalue weighted by Gasteiger charge is 2.31. The summed E-state index contributed by atoms with van der Waals surface area (Å²) in [4.78, 5) is 4.08. The van der Waals surface area contributed by atoms with Crippen molar-refractivity contribution in [1.82, 2.24) is 4.90 Å². The number of anilines is 1. The van der Waals surface area contributed by atoms with Gasteiger partial charge >= 0.3 is 6.18 Å². The van der Waals surface area contributed by atoms with Crippen molar-refractivity contribution in [2.75, 3.05) is 44.2 Å². The van der Waals surface area contributed by atoms with Gasteiger partial charge in [-0.15, -0.1) is 0 Å². The molecule has 0 radical (unpaired) electrons. The van der Waals surface area contributed by atoms with Crippen LogP contribution in [-0.4, -0.2) is 55.4 Å². The predicted octanol–water partition coefficient (Wildman–Crippen LogP) is 4.78. The van der Waals surface area contributed by atoms with Crippen LogP contribution in [0.25, 0.3) is 0 Å². The van der Waals surface area contributed by atoms with E-state index in [4.69, 9.17) is 4.74 Å². The molecule has 31 heavy (non-hydrogen) atoms. The van der Waals surface area contributed by atoms with Crippen LogP contribution >= 0.6 is 0 Å². The molecule has 2 atom stereocenters. The maximum atomic E-state index is 13.0. The highest BCUT2D eigenvalue weighted by molar-refractivity contribution is 5.49. The Morgan fingerprint density at radius 1 is 1.03 bits per heavy atom. The minimum atomic E-state index is -4.34. The van der Waals surface area contributed by atoms with Crippen molar-refractivity contribution in [2.24, 2.45) is 0 Å². The zero-order valence-electron chi connectivity index (χ0n) is 18.1. The lowest BCUT2D eigenvalue weighted by molar-refractivity contribution is -0.137. The Morgan fingerprint density at radius 3 is 2.42 bits per heavy atom. The Balaban J connectivity index is 1.48. The summed E-state index contributed by atoms with van der Waals surface area (Å²) in [5.74, 6) is 1.20. The van der Waals surface area contributed by atoms with Crippen molar-refractivity contribution in [2.45, 2.75) is 38.5 Å². The van der Waals surface area contributed by atoms with Crippen molar-refractivity contribution in [3.05, 3.63) is 59.7 Å². The van der Waals surface area contributed by atoms with Crippen LogP contribution in [0.4, 0.5) is 18.9 Å². The van der Waals surface area contributed by atoms with E-state index in [2.05, 4.69) is 24.8 Å². The molecule has 170 valence electrons. The third-order valence-electron chi connectivity index (χ3n) is 5.87. The highest BCUT2D eigenvalue weighted by Crippen LogP contribution is 2.32. The predicted molar refractivity (Wildman–Crippen MR) is 117 cm³/mol. The Bertz CT molecular complexity index is 836. The van der Waals surface area contributed by atoms with E-state index in [1.807, 2.05) is 23.1 Å². The van der Waals surface area contributed by atoms with E-state index in [0.29, 0.717) is 44.3 Å². The SMILES string of the molecule is CC[C@@H](C)c1ccccc1OC[C@H](O)CN1CCN(c2cccc(C(F)(F)F)c2)CC1. The highest BCUT2D eigenvalue weighted by atomic mass is 19.4. The molecule has 7 heteroatoms. The molecule has 1 fully saturated rings. The topological polar surface area (TPSA) is 35.9 Å². The van der Waals surface area contributed by atoms with Crippen molar-refractivity contribution >= 4 is 5.69 Å². The largest absolute Gasteiger partial charge is 0.491 e. The zero-order valence-corrected chi connectivity index (χ0v) is 18.1. The molecular weight excluding hydrogens is 405 g/mol. The van der Waals surface area contributed by atoms with Gasteiger partial charge in [-0.2, -0.15) is 13.2 Å². The van der Waals surface area contributed by atoms with Gasteiger partial charge in [0.15, 0.2) is 0 Å². The Labute approximate surface area is 182 Å². The van der Waals surface area contributed by atoms with E-state index in [9.17, 15) is 18.3 Å². The molecule has 0 spiro atoms. The van der Waals surface area contributed by atoms with Gasteiger partial charge in [0.05, 0.1) is 5.56 Å². The Kier molecular flexibility index (Phi) is 7.84. The number of aliphatic hydroxyl groups excluding tert-OH is 1. The first kappa shape index (κ1) is 23.4. The summed E-state index contributed by atoms with van der Waals surface area (Å²) in [6.07, 6.45) is -3.96. The monoisotopic (exact) mass is 436 g/mol. The minimum absolute atomic E-state index is 0.210. The van der Waals surface area contributed by atoms with E-state index in [0.717, 1.165) is 23.8 Å². The fourth-order valence-corrected chi connectivity index (χ4v) is 3.84. The lowest BCUT2D eigenvalue weighted by atomic mass is 9.98.